The average molecular weight is 257 g/mol. The summed E-state index contributed by atoms with van der Waals surface area (Å²) in [5.41, 5.74) is 1.00. The molecule has 1 atom stereocenters. The molecule has 0 aromatic heterocycles. The zero-order valence-electron chi connectivity index (χ0n) is 9.17. The van der Waals surface area contributed by atoms with Gasteiger partial charge in [0, 0.05) is 0 Å². The van der Waals surface area contributed by atoms with E-state index in [2.05, 4.69) is 6.07 Å². The van der Waals surface area contributed by atoms with Crippen molar-refractivity contribution in [1.29, 1.82) is 5.26 Å². The first-order chi connectivity index (χ1) is 8.26. The third kappa shape index (κ3) is 2.85. The molecule has 0 spiro atoms. The van der Waals surface area contributed by atoms with Gasteiger partial charge in [-0.3, -0.25) is 0 Å². The maximum absolute atomic E-state index is 9.32. The first kappa shape index (κ1) is 12.1. The highest BCUT2D eigenvalue weighted by molar-refractivity contribution is 8.24. The normalized spacial score (nSPS) is 22.1. The molecule has 1 unspecified atom stereocenters. The number of rotatable bonds is 2. The fourth-order valence-electron chi connectivity index (χ4n) is 1.58. The fourth-order valence-corrected chi connectivity index (χ4v) is 3.12. The van der Waals surface area contributed by atoms with Crippen LogP contribution in [-0.4, -0.2) is 8.94 Å². The van der Waals surface area contributed by atoms with Gasteiger partial charge in [0.1, 0.15) is 4.75 Å². The maximum atomic E-state index is 9.32. The lowest BCUT2D eigenvalue weighted by Crippen LogP contribution is -2.21. The molecule has 0 bridgehead atoms. The molecule has 3 heteroatoms. The van der Waals surface area contributed by atoms with Crippen LogP contribution in [0.1, 0.15) is 12.0 Å². The third-order valence-electron chi connectivity index (χ3n) is 2.51. The van der Waals surface area contributed by atoms with E-state index in [0.29, 0.717) is 6.42 Å². The highest BCUT2D eigenvalue weighted by Gasteiger charge is 2.29. The van der Waals surface area contributed by atoms with Crippen molar-refractivity contribution in [3.63, 3.8) is 0 Å². The van der Waals surface area contributed by atoms with E-state index in [1.807, 2.05) is 54.6 Å². The predicted molar refractivity (Wildman–Crippen MR) is 77.0 cm³/mol. The minimum atomic E-state index is -0.540. The quantitative estimate of drug-likeness (QED) is 0.751. The van der Waals surface area contributed by atoms with Crippen molar-refractivity contribution < 1.29 is 0 Å². The number of allylic oxidation sites excluding steroid dienone is 3. The molecular weight excluding hydrogens is 246 g/mol. The second-order valence-electron chi connectivity index (χ2n) is 3.75. The van der Waals surface area contributed by atoms with Crippen LogP contribution >= 0.6 is 24.0 Å². The van der Waals surface area contributed by atoms with Crippen LogP contribution in [0.15, 0.2) is 54.6 Å². The molecule has 0 aliphatic heterocycles. The fraction of sp³-hybridized carbons (Fsp3) is 0.143. The lowest BCUT2D eigenvalue weighted by molar-refractivity contribution is 0.900. The van der Waals surface area contributed by atoms with Crippen molar-refractivity contribution in [2.45, 2.75) is 11.2 Å². The van der Waals surface area contributed by atoms with Gasteiger partial charge in [0.05, 0.1) is 10.3 Å². The van der Waals surface area contributed by atoms with E-state index < -0.39 is 4.75 Å². The van der Waals surface area contributed by atoms with Gasteiger partial charge in [0.25, 0.3) is 0 Å². The number of nitriles is 1. The van der Waals surface area contributed by atoms with Crippen molar-refractivity contribution in [3.05, 3.63) is 60.2 Å². The summed E-state index contributed by atoms with van der Waals surface area (Å²) in [7, 11) is 0. The maximum Gasteiger partial charge on any atom is 0.129 e. The van der Waals surface area contributed by atoms with Gasteiger partial charge in [-0.05, 0) is 12.0 Å². The summed E-state index contributed by atoms with van der Waals surface area (Å²) in [6, 6.07) is 12.2. The van der Waals surface area contributed by atoms with Crippen LogP contribution in [-0.2, 0) is 0 Å². The Morgan fingerprint density at radius 3 is 2.65 bits per heavy atom. The largest absolute Gasteiger partial charge is 0.196 e. The average Bonchev–Trinajstić information content (AvgIpc) is 2.41. The Hall–Kier alpha value is -1.37. The second-order valence-corrected chi connectivity index (χ2v) is 5.76. The Balaban J connectivity index is 2.16. The van der Waals surface area contributed by atoms with Gasteiger partial charge in [-0.1, -0.05) is 78.6 Å². The molecule has 2 rings (SSSR count). The number of thiocarbonyl (C=S) groups is 1. The summed E-state index contributed by atoms with van der Waals surface area (Å²) in [6.07, 6.45) is 8.50. The number of thioether (sulfide) groups is 1. The number of nitrogens with zero attached hydrogens (tertiary/aromatic N) is 1. The smallest absolute Gasteiger partial charge is 0.129 e. The topological polar surface area (TPSA) is 23.8 Å². The van der Waals surface area contributed by atoms with Crippen LogP contribution in [0.5, 0.6) is 0 Å². The van der Waals surface area contributed by atoms with Gasteiger partial charge in [-0.15, -0.1) is 0 Å². The van der Waals surface area contributed by atoms with E-state index in [1.165, 1.54) is 11.8 Å². The Labute approximate surface area is 111 Å². The molecule has 0 saturated heterocycles. The first-order valence-electron chi connectivity index (χ1n) is 5.30. The summed E-state index contributed by atoms with van der Waals surface area (Å²) in [4.78, 5) is 0. The van der Waals surface area contributed by atoms with Gasteiger partial charge in [0.2, 0.25) is 0 Å². The molecule has 0 heterocycles. The summed E-state index contributed by atoms with van der Waals surface area (Å²) in [5, 5.41) is 9.32. The Kier molecular flexibility index (Phi) is 3.78. The highest BCUT2D eigenvalue weighted by Crippen LogP contribution is 2.35. The summed E-state index contributed by atoms with van der Waals surface area (Å²) in [5.74, 6) is 0. The zero-order valence-corrected chi connectivity index (χ0v) is 10.8. The van der Waals surface area contributed by atoms with Crippen molar-refractivity contribution in [2.75, 3.05) is 0 Å². The monoisotopic (exact) mass is 257 g/mol. The van der Waals surface area contributed by atoms with Gasteiger partial charge < -0.3 is 0 Å². The van der Waals surface area contributed by atoms with E-state index in [-0.39, 0.29) is 0 Å². The SMILES string of the molecule is N#CC1(SC(=S)c2ccccc2)C=CC=CC1. The molecule has 0 saturated carbocycles. The summed E-state index contributed by atoms with van der Waals surface area (Å²) >= 11 is 6.85. The molecule has 0 amide bonds. The predicted octanol–water partition coefficient (Wildman–Crippen LogP) is 3.87. The zero-order chi connectivity index (χ0) is 12.1. The van der Waals surface area contributed by atoms with Gasteiger partial charge in [-0.25, -0.2) is 0 Å². The van der Waals surface area contributed by atoms with Crippen molar-refractivity contribution in [1.82, 2.24) is 0 Å². The molecular formula is C14H11NS2. The molecule has 1 nitrogen and oxygen atoms in total. The molecule has 17 heavy (non-hydrogen) atoms. The van der Waals surface area contributed by atoms with Crippen LogP contribution in [0.4, 0.5) is 0 Å². The van der Waals surface area contributed by atoms with E-state index in [1.54, 1.807) is 0 Å². The molecule has 84 valence electrons. The van der Waals surface area contributed by atoms with E-state index in [4.69, 9.17) is 12.2 Å². The lowest BCUT2D eigenvalue weighted by Gasteiger charge is -2.22. The number of hydrogen-bond donors (Lipinski definition) is 0. The highest BCUT2D eigenvalue weighted by atomic mass is 32.2. The standard InChI is InChI=1S/C14H11NS2/c15-11-14(9-5-2-6-10-14)17-13(16)12-7-3-1-4-8-12/h1-9H,10H2. The third-order valence-corrected chi connectivity index (χ3v) is 4.17. The summed E-state index contributed by atoms with van der Waals surface area (Å²) in [6.45, 7) is 0. The molecule has 1 aliphatic carbocycles. The summed E-state index contributed by atoms with van der Waals surface area (Å²) < 4.78 is 0.230. The number of benzene rings is 1. The molecule has 1 aliphatic rings. The van der Waals surface area contributed by atoms with Crippen LogP contribution in [0.3, 0.4) is 0 Å². The Morgan fingerprint density at radius 1 is 1.29 bits per heavy atom. The van der Waals surface area contributed by atoms with Crippen molar-refractivity contribution >= 4 is 28.2 Å². The van der Waals surface area contributed by atoms with Crippen LogP contribution < -0.4 is 0 Å². The molecule has 0 radical (unpaired) electrons. The number of hydrogen-bond acceptors (Lipinski definition) is 3. The molecule has 0 fully saturated rings. The van der Waals surface area contributed by atoms with Crippen LogP contribution in [0.2, 0.25) is 0 Å². The van der Waals surface area contributed by atoms with E-state index in [9.17, 15) is 5.26 Å². The Morgan fingerprint density at radius 2 is 2.06 bits per heavy atom. The van der Waals surface area contributed by atoms with Crippen molar-refractivity contribution in [2.24, 2.45) is 0 Å². The van der Waals surface area contributed by atoms with Crippen LogP contribution in [0.25, 0.3) is 0 Å². The molecule has 1 aromatic carbocycles. The Bertz CT molecular complexity index is 511. The van der Waals surface area contributed by atoms with Gasteiger partial charge in [0.15, 0.2) is 0 Å². The molecule has 0 N–H and O–H groups in total. The van der Waals surface area contributed by atoms with Gasteiger partial charge >= 0.3 is 0 Å². The van der Waals surface area contributed by atoms with Gasteiger partial charge in [-0.2, -0.15) is 5.26 Å². The van der Waals surface area contributed by atoms with E-state index in [0.717, 1.165) is 9.76 Å². The molecule has 1 aromatic rings. The van der Waals surface area contributed by atoms with E-state index >= 15 is 0 Å². The van der Waals surface area contributed by atoms with Crippen LogP contribution in [0, 0.1) is 11.3 Å². The minimum Gasteiger partial charge on any atom is -0.196 e. The van der Waals surface area contributed by atoms with Crippen molar-refractivity contribution in [3.8, 4) is 6.07 Å². The lowest BCUT2D eigenvalue weighted by atomic mass is 10.0. The second kappa shape index (κ2) is 5.31. The first-order valence-corrected chi connectivity index (χ1v) is 6.52. The minimum absolute atomic E-state index is 0.540.